The Labute approximate surface area is 123 Å². The van der Waals surface area contributed by atoms with Crippen molar-refractivity contribution in [2.24, 2.45) is 11.7 Å². The van der Waals surface area contributed by atoms with E-state index in [-0.39, 0.29) is 17.9 Å². The van der Waals surface area contributed by atoms with Gasteiger partial charge in [-0.3, -0.25) is 4.79 Å². The number of benzene rings is 1. The molecular weight excluding hydrogens is 278 g/mol. The van der Waals surface area contributed by atoms with Crippen LogP contribution < -0.4 is 15.8 Å². The molecule has 1 amide bonds. The maximum Gasteiger partial charge on any atom is 0.387 e. The van der Waals surface area contributed by atoms with Crippen LogP contribution >= 0.6 is 0 Å². The number of hydrogen-bond acceptors (Lipinski definition) is 3. The fourth-order valence-corrected chi connectivity index (χ4v) is 2.28. The fourth-order valence-electron chi connectivity index (χ4n) is 2.28. The van der Waals surface area contributed by atoms with E-state index in [0.717, 1.165) is 0 Å². The van der Waals surface area contributed by atoms with E-state index in [1.807, 2.05) is 20.8 Å². The Kier molecular flexibility index (Phi) is 6.08. The van der Waals surface area contributed by atoms with Crippen LogP contribution in [-0.2, 0) is 0 Å². The zero-order chi connectivity index (χ0) is 16.0. The molecule has 0 radical (unpaired) electrons. The largest absolute Gasteiger partial charge is 0.434 e. The third kappa shape index (κ3) is 5.30. The average Bonchev–Trinajstić information content (AvgIpc) is 2.37. The molecule has 118 valence electrons. The van der Waals surface area contributed by atoms with Gasteiger partial charge < -0.3 is 15.8 Å². The molecule has 21 heavy (non-hydrogen) atoms. The smallest absolute Gasteiger partial charge is 0.387 e. The lowest BCUT2D eigenvalue weighted by Crippen LogP contribution is -2.52. The molecule has 1 unspecified atom stereocenters. The number of rotatable bonds is 7. The van der Waals surface area contributed by atoms with E-state index >= 15 is 0 Å². The number of para-hydroxylation sites is 1. The topological polar surface area (TPSA) is 64.3 Å². The highest BCUT2D eigenvalue weighted by Crippen LogP contribution is 2.22. The summed E-state index contributed by atoms with van der Waals surface area (Å²) in [5.41, 5.74) is 5.21. The van der Waals surface area contributed by atoms with Gasteiger partial charge in [-0.05, 0) is 31.4 Å². The summed E-state index contributed by atoms with van der Waals surface area (Å²) in [5, 5.41) is 2.82. The van der Waals surface area contributed by atoms with E-state index in [1.165, 1.54) is 18.2 Å². The van der Waals surface area contributed by atoms with E-state index in [4.69, 9.17) is 5.73 Å². The normalized spacial score (nSPS) is 14.1. The Bertz CT molecular complexity index is 480. The molecule has 0 spiro atoms. The number of amides is 1. The number of alkyl halides is 2. The van der Waals surface area contributed by atoms with Crippen molar-refractivity contribution in [3.05, 3.63) is 29.8 Å². The van der Waals surface area contributed by atoms with Gasteiger partial charge in [-0.15, -0.1) is 0 Å². The number of ether oxygens (including phenoxy) is 1. The first-order valence-electron chi connectivity index (χ1n) is 6.84. The second-order valence-corrected chi connectivity index (χ2v) is 5.69. The summed E-state index contributed by atoms with van der Waals surface area (Å²) >= 11 is 0. The van der Waals surface area contributed by atoms with E-state index in [9.17, 15) is 13.6 Å². The van der Waals surface area contributed by atoms with Gasteiger partial charge in [-0.2, -0.15) is 8.78 Å². The number of nitrogens with two attached hydrogens (primary N) is 1. The number of carbonyl (C=O) groups excluding carboxylic acids is 1. The molecule has 1 aromatic rings. The van der Waals surface area contributed by atoms with Crippen LogP contribution in [0.1, 0.15) is 37.6 Å². The minimum absolute atomic E-state index is 0.0706. The van der Waals surface area contributed by atoms with Gasteiger partial charge in [0.05, 0.1) is 5.56 Å². The first kappa shape index (κ1) is 17.4. The van der Waals surface area contributed by atoms with Crippen LogP contribution in [0.2, 0.25) is 0 Å². The zero-order valence-corrected chi connectivity index (χ0v) is 12.5. The van der Waals surface area contributed by atoms with E-state index < -0.39 is 18.1 Å². The summed E-state index contributed by atoms with van der Waals surface area (Å²) in [6.07, 6.45) is 0.688. The SMILES string of the molecule is CC(C)CC(C)(CN)NC(=O)c1ccccc1OC(F)F. The minimum atomic E-state index is -2.98. The lowest BCUT2D eigenvalue weighted by Gasteiger charge is -2.31. The lowest BCUT2D eigenvalue weighted by atomic mass is 9.90. The Morgan fingerprint density at radius 3 is 2.52 bits per heavy atom. The third-order valence-electron chi connectivity index (χ3n) is 3.07. The summed E-state index contributed by atoms with van der Waals surface area (Å²) < 4.78 is 29.1. The van der Waals surface area contributed by atoms with Gasteiger partial charge in [-0.25, -0.2) is 0 Å². The molecule has 1 atom stereocenters. The van der Waals surface area contributed by atoms with Crippen molar-refractivity contribution in [2.45, 2.75) is 39.3 Å². The summed E-state index contributed by atoms with van der Waals surface area (Å²) in [4.78, 5) is 12.3. The summed E-state index contributed by atoms with van der Waals surface area (Å²) in [5.74, 6) is -0.278. The van der Waals surface area contributed by atoms with Crippen molar-refractivity contribution in [1.82, 2.24) is 5.32 Å². The lowest BCUT2D eigenvalue weighted by molar-refractivity contribution is -0.0501. The second kappa shape index (κ2) is 7.36. The third-order valence-corrected chi connectivity index (χ3v) is 3.07. The average molecular weight is 300 g/mol. The van der Waals surface area contributed by atoms with Crippen molar-refractivity contribution in [1.29, 1.82) is 0 Å². The first-order chi connectivity index (χ1) is 9.77. The molecule has 0 saturated carbocycles. The van der Waals surface area contributed by atoms with Crippen molar-refractivity contribution in [2.75, 3.05) is 6.54 Å². The molecule has 4 nitrogen and oxygen atoms in total. The Balaban J connectivity index is 2.93. The molecule has 0 bridgehead atoms. The molecular formula is C15H22F2N2O2. The number of hydrogen-bond donors (Lipinski definition) is 2. The quantitative estimate of drug-likeness (QED) is 0.814. The van der Waals surface area contributed by atoms with Gasteiger partial charge in [0.15, 0.2) is 0 Å². The number of halogens is 2. The summed E-state index contributed by atoms with van der Waals surface area (Å²) in [7, 11) is 0. The van der Waals surface area contributed by atoms with Crippen LogP contribution in [0.5, 0.6) is 5.75 Å². The van der Waals surface area contributed by atoms with Gasteiger partial charge in [0.25, 0.3) is 5.91 Å². The van der Waals surface area contributed by atoms with Gasteiger partial charge in [0.2, 0.25) is 0 Å². The number of nitrogens with one attached hydrogen (secondary N) is 1. The van der Waals surface area contributed by atoms with Gasteiger partial charge >= 0.3 is 6.61 Å². The summed E-state index contributed by atoms with van der Waals surface area (Å²) in [6, 6.07) is 5.91. The molecule has 0 aliphatic rings. The second-order valence-electron chi connectivity index (χ2n) is 5.69. The maximum atomic E-state index is 12.4. The maximum absolute atomic E-state index is 12.4. The predicted molar refractivity (Wildman–Crippen MR) is 77.5 cm³/mol. The first-order valence-corrected chi connectivity index (χ1v) is 6.84. The Morgan fingerprint density at radius 1 is 1.38 bits per heavy atom. The van der Waals surface area contributed by atoms with Crippen LogP contribution in [0.3, 0.4) is 0 Å². The highest BCUT2D eigenvalue weighted by Gasteiger charge is 2.27. The fraction of sp³-hybridized carbons (Fsp3) is 0.533. The summed E-state index contributed by atoms with van der Waals surface area (Å²) in [6.45, 7) is 3.16. The molecule has 0 fully saturated rings. The molecule has 0 aliphatic carbocycles. The minimum Gasteiger partial charge on any atom is -0.434 e. The molecule has 6 heteroatoms. The van der Waals surface area contributed by atoms with Crippen molar-refractivity contribution >= 4 is 5.91 Å². The number of carbonyl (C=O) groups is 1. The van der Waals surface area contributed by atoms with Crippen LogP contribution in [0.4, 0.5) is 8.78 Å². The van der Waals surface area contributed by atoms with E-state index in [2.05, 4.69) is 10.1 Å². The van der Waals surface area contributed by atoms with E-state index in [1.54, 1.807) is 6.07 Å². The van der Waals surface area contributed by atoms with Crippen molar-refractivity contribution in [3.63, 3.8) is 0 Å². The predicted octanol–water partition coefficient (Wildman–Crippen LogP) is 2.78. The van der Waals surface area contributed by atoms with Crippen molar-refractivity contribution < 1.29 is 18.3 Å². The van der Waals surface area contributed by atoms with Gasteiger partial charge in [0.1, 0.15) is 5.75 Å². The van der Waals surface area contributed by atoms with Gasteiger partial charge in [0, 0.05) is 12.1 Å². The molecule has 0 saturated heterocycles. The van der Waals surface area contributed by atoms with Crippen LogP contribution in [0.25, 0.3) is 0 Å². The molecule has 0 aliphatic heterocycles. The molecule has 1 rings (SSSR count). The Morgan fingerprint density at radius 2 is 2.00 bits per heavy atom. The van der Waals surface area contributed by atoms with Crippen LogP contribution in [-0.4, -0.2) is 24.6 Å². The molecule has 1 aromatic carbocycles. The highest BCUT2D eigenvalue weighted by atomic mass is 19.3. The molecule has 3 N–H and O–H groups in total. The molecule has 0 aromatic heterocycles. The van der Waals surface area contributed by atoms with Gasteiger partial charge in [-0.1, -0.05) is 26.0 Å². The van der Waals surface area contributed by atoms with E-state index in [0.29, 0.717) is 12.3 Å². The zero-order valence-electron chi connectivity index (χ0n) is 12.5. The monoisotopic (exact) mass is 300 g/mol. The van der Waals surface area contributed by atoms with Crippen molar-refractivity contribution in [3.8, 4) is 5.75 Å². The standard InChI is InChI=1S/C15H22F2N2O2/c1-10(2)8-15(3,9-18)19-13(20)11-6-4-5-7-12(11)21-14(16)17/h4-7,10,14H,8-9,18H2,1-3H3,(H,19,20). The molecule has 0 heterocycles. The van der Waals surface area contributed by atoms with Crippen LogP contribution in [0.15, 0.2) is 24.3 Å². The Hall–Kier alpha value is -1.69. The highest BCUT2D eigenvalue weighted by molar-refractivity contribution is 5.97. The van der Waals surface area contributed by atoms with Crippen LogP contribution in [0, 0.1) is 5.92 Å².